The van der Waals surface area contributed by atoms with Crippen LogP contribution in [0.3, 0.4) is 0 Å². The maximum atomic E-state index is 14.1. The molecular weight excluding hydrogens is 561 g/mol. The van der Waals surface area contributed by atoms with Gasteiger partial charge in [0, 0.05) is 12.6 Å². The van der Waals surface area contributed by atoms with Crippen LogP contribution in [-0.4, -0.2) is 57.5 Å². The lowest BCUT2D eigenvalue weighted by atomic mass is 10.1. The molecule has 0 heterocycles. The molecule has 0 saturated heterocycles. The third-order valence-corrected chi connectivity index (χ3v) is 8.23. The molecule has 3 aromatic carbocycles. The molecule has 0 aliphatic heterocycles. The van der Waals surface area contributed by atoms with E-state index in [9.17, 15) is 22.4 Å². The Morgan fingerprint density at radius 2 is 1.50 bits per heavy atom. The number of nitrogens with zero attached hydrogens (tertiary/aromatic N) is 2. The zero-order valence-electron chi connectivity index (χ0n) is 24.5. The number of halogens is 1. The van der Waals surface area contributed by atoms with Crippen LogP contribution in [0.4, 0.5) is 10.1 Å². The Morgan fingerprint density at radius 3 is 2.02 bits per heavy atom. The van der Waals surface area contributed by atoms with Gasteiger partial charge >= 0.3 is 0 Å². The van der Waals surface area contributed by atoms with Crippen LogP contribution in [0.25, 0.3) is 0 Å². The van der Waals surface area contributed by atoms with Crippen LogP contribution >= 0.6 is 0 Å². The first-order valence-corrected chi connectivity index (χ1v) is 15.2. The monoisotopic (exact) mass is 599 g/mol. The Kier molecular flexibility index (Phi) is 11.3. The number of sulfonamides is 1. The zero-order chi connectivity index (χ0) is 30.9. The lowest BCUT2D eigenvalue weighted by Gasteiger charge is -2.33. The first kappa shape index (κ1) is 32.4. The normalized spacial score (nSPS) is 12.0. The molecule has 3 aromatic rings. The summed E-state index contributed by atoms with van der Waals surface area (Å²) >= 11 is 0. The van der Waals surface area contributed by atoms with Crippen molar-refractivity contribution in [1.82, 2.24) is 10.2 Å². The molecule has 1 atom stereocenters. The maximum absolute atomic E-state index is 14.1. The molecule has 0 radical (unpaired) electrons. The second-order valence-electron chi connectivity index (χ2n) is 9.85. The molecule has 0 unspecified atom stereocenters. The number of ether oxygens (including phenoxy) is 2. The molecule has 0 aliphatic rings. The third-order valence-electron chi connectivity index (χ3n) is 6.45. The van der Waals surface area contributed by atoms with Crippen LogP contribution < -0.4 is 19.1 Å². The summed E-state index contributed by atoms with van der Waals surface area (Å²) in [6, 6.07) is 16.7. The number of anilines is 1. The number of carbonyl (C=O) groups is 2. The first-order valence-electron chi connectivity index (χ1n) is 13.7. The number of benzene rings is 3. The summed E-state index contributed by atoms with van der Waals surface area (Å²) in [5.74, 6) is -0.359. The van der Waals surface area contributed by atoms with E-state index in [0.717, 1.165) is 34.1 Å². The standard InChI is InChI=1S/C31H38FN3O6S/c1-6-29(31(37)33-22(3)4)34(20-23-8-14-26(40-5)15-9-23)30(36)21-35(25-12-16-27(17-13-25)41-7-2)42(38,39)28-18-10-24(32)11-19-28/h8-19,22,29H,6-7,20-21H2,1-5H3,(H,33,37)/t29-/m1/s1. The number of methoxy groups -OCH3 is 1. The molecule has 0 bridgehead atoms. The van der Waals surface area contributed by atoms with E-state index in [2.05, 4.69) is 5.32 Å². The van der Waals surface area contributed by atoms with Crippen molar-refractivity contribution in [2.75, 3.05) is 24.6 Å². The van der Waals surface area contributed by atoms with Crippen molar-refractivity contribution < 1.29 is 31.9 Å². The highest BCUT2D eigenvalue weighted by Crippen LogP contribution is 2.27. The van der Waals surface area contributed by atoms with Crippen molar-refractivity contribution in [1.29, 1.82) is 0 Å². The third kappa shape index (κ3) is 8.22. The highest BCUT2D eigenvalue weighted by molar-refractivity contribution is 7.92. The van der Waals surface area contributed by atoms with Gasteiger partial charge in [-0.25, -0.2) is 12.8 Å². The van der Waals surface area contributed by atoms with E-state index in [0.29, 0.717) is 24.5 Å². The van der Waals surface area contributed by atoms with E-state index >= 15 is 0 Å². The van der Waals surface area contributed by atoms with Crippen LogP contribution in [-0.2, 0) is 26.2 Å². The molecule has 2 amide bonds. The fourth-order valence-electron chi connectivity index (χ4n) is 4.37. The first-order chi connectivity index (χ1) is 20.0. The SMILES string of the molecule is CCOc1ccc(N(CC(=O)N(Cc2ccc(OC)cc2)[C@H](CC)C(=O)NC(C)C)S(=O)(=O)c2ccc(F)cc2)cc1. The number of hydrogen-bond acceptors (Lipinski definition) is 6. The second kappa shape index (κ2) is 14.7. The molecule has 1 N–H and O–H groups in total. The van der Waals surface area contributed by atoms with Crippen LogP contribution in [0.15, 0.2) is 77.7 Å². The lowest BCUT2D eigenvalue weighted by Crippen LogP contribution is -2.53. The van der Waals surface area contributed by atoms with E-state index in [1.54, 1.807) is 50.4 Å². The van der Waals surface area contributed by atoms with Crippen molar-refractivity contribution >= 4 is 27.5 Å². The average Bonchev–Trinajstić information content (AvgIpc) is 2.96. The van der Waals surface area contributed by atoms with Crippen molar-refractivity contribution in [3.8, 4) is 11.5 Å². The number of nitrogens with one attached hydrogen (secondary N) is 1. The summed E-state index contributed by atoms with van der Waals surface area (Å²) in [7, 11) is -2.77. The Bertz CT molecular complexity index is 1430. The van der Waals surface area contributed by atoms with Crippen molar-refractivity contribution in [2.24, 2.45) is 0 Å². The highest BCUT2D eigenvalue weighted by Gasteiger charge is 2.34. The number of carbonyl (C=O) groups excluding carboxylic acids is 2. The van der Waals surface area contributed by atoms with Gasteiger partial charge in [0.25, 0.3) is 10.0 Å². The largest absolute Gasteiger partial charge is 0.497 e. The van der Waals surface area contributed by atoms with E-state index in [1.807, 2.05) is 20.8 Å². The topological polar surface area (TPSA) is 105 Å². The van der Waals surface area contributed by atoms with E-state index in [1.165, 1.54) is 17.0 Å². The summed E-state index contributed by atoms with van der Waals surface area (Å²) in [6.07, 6.45) is 0.300. The van der Waals surface area contributed by atoms with Crippen molar-refractivity contribution in [3.63, 3.8) is 0 Å². The zero-order valence-corrected chi connectivity index (χ0v) is 25.4. The minimum Gasteiger partial charge on any atom is -0.497 e. The minimum atomic E-state index is -4.32. The summed E-state index contributed by atoms with van der Waals surface area (Å²) < 4.78 is 53.1. The fourth-order valence-corrected chi connectivity index (χ4v) is 5.78. The molecule has 0 spiro atoms. The van der Waals surface area contributed by atoms with Crippen LogP contribution in [0.1, 0.15) is 39.7 Å². The van der Waals surface area contributed by atoms with Gasteiger partial charge in [-0.1, -0.05) is 19.1 Å². The van der Waals surface area contributed by atoms with Gasteiger partial charge in [-0.2, -0.15) is 0 Å². The number of amides is 2. The smallest absolute Gasteiger partial charge is 0.264 e. The summed E-state index contributed by atoms with van der Waals surface area (Å²) in [4.78, 5) is 28.5. The maximum Gasteiger partial charge on any atom is 0.264 e. The quantitative estimate of drug-likeness (QED) is 0.287. The van der Waals surface area contributed by atoms with Gasteiger partial charge in [0.2, 0.25) is 11.8 Å². The van der Waals surface area contributed by atoms with Crippen LogP contribution in [0.5, 0.6) is 11.5 Å². The molecule has 0 aromatic heterocycles. The molecule has 9 nitrogen and oxygen atoms in total. The Hall–Kier alpha value is -4.12. The van der Waals surface area contributed by atoms with Gasteiger partial charge in [0.1, 0.15) is 29.9 Å². The Morgan fingerprint density at radius 1 is 0.905 bits per heavy atom. The predicted octanol–water partition coefficient (Wildman–Crippen LogP) is 4.76. The Balaban J connectivity index is 2.06. The molecule has 42 heavy (non-hydrogen) atoms. The second-order valence-corrected chi connectivity index (χ2v) is 11.7. The van der Waals surface area contributed by atoms with Crippen molar-refractivity contribution in [2.45, 2.75) is 57.6 Å². The molecule has 3 rings (SSSR count). The van der Waals surface area contributed by atoms with Crippen LogP contribution in [0, 0.1) is 5.82 Å². The van der Waals surface area contributed by atoms with E-state index < -0.39 is 34.3 Å². The molecule has 226 valence electrons. The van der Waals surface area contributed by atoms with Gasteiger partial charge in [-0.3, -0.25) is 13.9 Å². The van der Waals surface area contributed by atoms with Gasteiger partial charge < -0.3 is 19.7 Å². The van der Waals surface area contributed by atoms with Gasteiger partial charge in [-0.05, 0) is 93.4 Å². The molecule has 0 saturated carbocycles. The summed E-state index contributed by atoms with van der Waals surface area (Å²) in [6.45, 7) is 7.14. The molecule has 0 aliphatic carbocycles. The summed E-state index contributed by atoms with van der Waals surface area (Å²) in [5.41, 5.74) is 0.939. The number of hydrogen-bond donors (Lipinski definition) is 1. The van der Waals surface area contributed by atoms with Gasteiger partial charge in [0.05, 0.1) is 24.3 Å². The van der Waals surface area contributed by atoms with Crippen molar-refractivity contribution in [3.05, 3.63) is 84.2 Å². The van der Waals surface area contributed by atoms with E-state index in [-0.39, 0.29) is 29.1 Å². The number of rotatable bonds is 14. The highest BCUT2D eigenvalue weighted by atomic mass is 32.2. The average molecular weight is 600 g/mol. The summed E-state index contributed by atoms with van der Waals surface area (Å²) in [5, 5.41) is 2.86. The van der Waals surface area contributed by atoms with Gasteiger partial charge in [0.15, 0.2) is 0 Å². The molecule has 0 fully saturated rings. The Labute approximate surface area is 247 Å². The lowest BCUT2D eigenvalue weighted by molar-refractivity contribution is -0.140. The predicted molar refractivity (Wildman–Crippen MR) is 159 cm³/mol. The van der Waals surface area contributed by atoms with Crippen LogP contribution in [0.2, 0.25) is 0 Å². The minimum absolute atomic E-state index is 0.0561. The molecule has 11 heteroatoms. The van der Waals surface area contributed by atoms with Gasteiger partial charge in [-0.15, -0.1) is 0 Å². The van der Waals surface area contributed by atoms with E-state index in [4.69, 9.17) is 9.47 Å². The fraction of sp³-hybridized carbons (Fsp3) is 0.355. The molecular formula is C31H38FN3O6S.